The maximum absolute atomic E-state index is 13.3. The molecule has 0 spiro atoms. The van der Waals surface area contributed by atoms with Gasteiger partial charge >= 0.3 is 0 Å². The minimum absolute atomic E-state index is 0.313. The predicted octanol–water partition coefficient (Wildman–Crippen LogP) is 3.62. The lowest BCUT2D eigenvalue weighted by Crippen LogP contribution is -2.40. The van der Waals surface area contributed by atoms with E-state index in [0.29, 0.717) is 32.0 Å². The van der Waals surface area contributed by atoms with Crippen molar-refractivity contribution in [1.82, 2.24) is 9.80 Å². The van der Waals surface area contributed by atoms with Crippen LogP contribution in [0.4, 0.5) is 4.39 Å². The van der Waals surface area contributed by atoms with Crippen molar-refractivity contribution in [3.05, 3.63) is 29.8 Å². The highest BCUT2D eigenvalue weighted by atomic mass is 19.1. The Morgan fingerprint density at radius 3 is 2.67 bits per heavy atom. The topological polar surface area (TPSA) is 35.9 Å². The minimum Gasteiger partial charge on any atom is -0.491 e. The molecule has 1 aliphatic heterocycles. The number of likely N-dealkylation sites (N-methyl/N-ethyl adjacent to an activating group) is 1. The van der Waals surface area contributed by atoms with E-state index in [9.17, 15) is 9.50 Å². The van der Waals surface area contributed by atoms with E-state index in [0.717, 1.165) is 25.4 Å². The Labute approximate surface area is 163 Å². The van der Waals surface area contributed by atoms with Gasteiger partial charge in [-0.15, -0.1) is 0 Å². The van der Waals surface area contributed by atoms with Crippen LogP contribution in [0.25, 0.3) is 0 Å². The second-order valence-electron chi connectivity index (χ2n) is 8.29. The maximum Gasteiger partial charge on any atom is 0.119 e. The summed E-state index contributed by atoms with van der Waals surface area (Å²) in [6.45, 7) is 3.43. The fourth-order valence-electron chi connectivity index (χ4n) is 4.30. The lowest BCUT2D eigenvalue weighted by Gasteiger charge is -2.32. The zero-order valence-corrected chi connectivity index (χ0v) is 16.7. The second-order valence-corrected chi connectivity index (χ2v) is 8.29. The molecule has 0 amide bonds. The SMILES string of the molecule is CN(C[C@H](O)COc1cccc(CN2CCC(F)CC2)c1)C1CCCCC1. The number of aliphatic hydroxyl groups excluding tert-OH is 1. The van der Waals surface area contributed by atoms with E-state index in [4.69, 9.17) is 4.74 Å². The molecule has 2 fully saturated rings. The van der Waals surface area contributed by atoms with Gasteiger partial charge in [0.25, 0.3) is 0 Å². The number of ether oxygens (including phenoxy) is 1. The van der Waals surface area contributed by atoms with Crippen LogP contribution in [-0.2, 0) is 6.54 Å². The predicted molar refractivity (Wildman–Crippen MR) is 107 cm³/mol. The van der Waals surface area contributed by atoms with Crippen molar-refractivity contribution in [1.29, 1.82) is 0 Å². The Balaban J connectivity index is 1.42. The van der Waals surface area contributed by atoms with Gasteiger partial charge in [-0.2, -0.15) is 0 Å². The molecule has 152 valence electrons. The molecular formula is C22H35FN2O2. The Hall–Kier alpha value is -1.17. The van der Waals surface area contributed by atoms with Gasteiger partial charge in [0.2, 0.25) is 0 Å². The number of nitrogens with zero attached hydrogens (tertiary/aromatic N) is 2. The van der Waals surface area contributed by atoms with Crippen LogP contribution in [0, 0.1) is 0 Å². The lowest BCUT2D eigenvalue weighted by molar-refractivity contribution is 0.0561. The number of halogens is 1. The molecule has 1 saturated heterocycles. The number of aliphatic hydroxyl groups is 1. The highest BCUT2D eigenvalue weighted by molar-refractivity contribution is 5.28. The molecule has 1 atom stereocenters. The van der Waals surface area contributed by atoms with Crippen LogP contribution in [0.3, 0.4) is 0 Å². The third kappa shape index (κ3) is 6.74. The molecule has 2 aliphatic rings. The average Bonchev–Trinajstić information content (AvgIpc) is 2.69. The van der Waals surface area contributed by atoms with Crippen molar-refractivity contribution in [3.8, 4) is 5.75 Å². The first kappa shape index (κ1) is 20.6. The number of benzene rings is 1. The number of alkyl halides is 1. The molecule has 1 heterocycles. The quantitative estimate of drug-likeness (QED) is 0.749. The molecule has 5 heteroatoms. The van der Waals surface area contributed by atoms with Crippen LogP contribution in [0.15, 0.2) is 24.3 Å². The van der Waals surface area contributed by atoms with Crippen LogP contribution in [0.5, 0.6) is 5.75 Å². The molecule has 1 aromatic rings. The Kier molecular flexibility index (Phi) is 7.92. The number of hydrogen-bond donors (Lipinski definition) is 1. The molecule has 27 heavy (non-hydrogen) atoms. The van der Waals surface area contributed by atoms with Gasteiger partial charge in [-0.05, 0) is 50.4 Å². The van der Waals surface area contributed by atoms with Gasteiger partial charge in [-0.1, -0.05) is 31.4 Å². The maximum atomic E-state index is 13.3. The third-order valence-electron chi connectivity index (χ3n) is 5.96. The van der Waals surface area contributed by atoms with Gasteiger partial charge in [-0.25, -0.2) is 4.39 Å². The Morgan fingerprint density at radius 2 is 1.93 bits per heavy atom. The van der Waals surface area contributed by atoms with Crippen LogP contribution >= 0.6 is 0 Å². The monoisotopic (exact) mass is 378 g/mol. The fraction of sp³-hybridized carbons (Fsp3) is 0.727. The average molecular weight is 379 g/mol. The molecule has 0 bridgehead atoms. The molecular weight excluding hydrogens is 343 g/mol. The van der Waals surface area contributed by atoms with Crippen molar-refractivity contribution >= 4 is 0 Å². The summed E-state index contributed by atoms with van der Waals surface area (Å²) in [5.41, 5.74) is 1.18. The van der Waals surface area contributed by atoms with Crippen molar-refractivity contribution in [2.45, 2.75) is 69.8 Å². The summed E-state index contributed by atoms with van der Waals surface area (Å²) in [5, 5.41) is 10.4. The normalized spacial score (nSPS) is 21.5. The fourth-order valence-corrected chi connectivity index (χ4v) is 4.30. The molecule has 1 N–H and O–H groups in total. The van der Waals surface area contributed by atoms with Gasteiger partial charge in [0.1, 0.15) is 24.6 Å². The first-order valence-corrected chi connectivity index (χ1v) is 10.6. The molecule has 1 saturated carbocycles. The summed E-state index contributed by atoms with van der Waals surface area (Å²) < 4.78 is 19.1. The smallest absolute Gasteiger partial charge is 0.119 e. The molecule has 1 aromatic carbocycles. The highest BCUT2D eigenvalue weighted by Crippen LogP contribution is 2.22. The molecule has 3 rings (SSSR count). The number of rotatable bonds is 8. The van der Waals surface area contributed by atoms with Gasteiger partial charge in [0.15, 0.2) is 0 Å². The Morgan fingerprint density at radius 1 is 1.19 bits per heavy atom. The first-order chi connectivity index (χ1) is 13.1. The van der Waals surface area contributed by atoms with E-state index in [2.05, 4.69) is 22.9 Å². The van der Waals surface area contributed by atoms with Crippen LogP contribution in [-0.4, -0.2) is 66.5 Å². The molecule has 0 unspecified atom stereocenters. The number of likely N-dealkylation sites (tertiary alicyclic amines) is 1. The summed E-state index contributed by atoms with van der Waals surface area (Å²) in [6.07, 6.45) is 6.59. The summed E-state index contributed by atoms with van der Waals surface area (Å²) in [6, 6.07) is 8.66. The van der Waals surface area contributed by atoms with E-state index in [1.165, 1.54) is 37.7 Å². The highest BCUT2D eigenvalue weighted by Gasteiger charge is 2.21. The van der Waals surface area contributed by atoms with Crippen LogP contribution < -0.4 is 4.74 Å². The Bertz CT molecular complexity index is 557. The van der Waals surface area contributed by atoms with Gasteiger partial charge in [0.05, 0.1) is 0 Å². The number of hydrogen-bond acceptors (Lipinski definition) is 4. The standard InChI is InChI=1S/C22H35FN2O2/c1-24(20-7-3-2-4-8-20)16-21(26)17-27-22-9-5-6-18(14-22)15-25-12-10-19(23)11-13-25/h5-6,9,14,19-21,26H,2-4,7-8,10-13,15-17H2,1H3/t21-/m0/s1. The van der Waals surface area contributed by atoms with Crippen LogP contribution in [0.1, 0.15) is 50.5 Å². The molecule has 0 aromatic heterocycles. The molecule has 0 radical (unpaired) electrons. The van der Waals surface area contributed by atoms with Crippen molar-refractivity contribution in [2.75, 3.05) is 33.3 Å². The third-order valence-corrected chi connectivity index (χ3v) is 5.96. The van der Waals surface area contributed by atoms with Gasteiger partial charge < -0.3 is 14.7 Å². The van der Waals surface area contributed by atoms with Gasteiger partial charge in [-0.3, -0.25) is 4.90 Å². The van der Waals surface area contributed by atoms with Crippen molar-refractivity contribution < 1.29 is 14.2 Å². The zero-order chi connectivity index (χ0) is 19.1. The minimum atomic E-state index is -0.635. The van der Waals surface area contributed by atoms with E-state index in [1.807, 2.05) is 18.2 Å². The summed E-state index contributed by atoms with van der Waals surface area (Å²) in [7, 11) is 2.11. The lowest BCUT2D eigenvalue weighted by atomic mass is 9.94. The second kappa shape index (κ2) is 10.4. The number of piperidine rings is 1. The first-order valence-electron chi connectivity index (χ1n) is 10.6. The largest absolute Gasteiger partial charge is 0.491 e. The summed E-state index contributed by atoms with van der Waals surface area (Å²) in [4.78, 5) is 4.58. The van der Waals surface area contributed by atoms with Crippen molar-refractivity contribution in [3.63, 3.8) is 0 Å². The van der Waals surface area contributed by atoms with E-state index < -0.39 is 12.3 Å². The van der Waals surface area contributed by atoms with Gasteiger partial charge in [0, 0.05) is 32.2 Å². The van der Waals surface area contributed by atoms with Crippen LogP contribution in [0.2, 0.25) is 0 Å². The summed E-state index contributed by atoms with van der Waals surface area (Å²) in [5.74, 6) is 0.798. The zero-order valence-electron chi connectivity index (χ0n) is 16.7. The van der Waals surface area contributed by atoms with Crippen molar-refractivity contribution in [2.24, 2.45) is 0 Å². The van der Waals surface area contributed by atoms with E-state index >= 15 is 0 Å². The molecule has 1 aliphatic carbocycles. The van der Waals surface area contributed by atoms with E-state index in [1.54, 1.807) is 0 Å². The summed E-state index contributed by atoms with van der Waals surface area (Å²) >= 11 is 0. The van der Waals surface area contributed by atoms with E-state index in [-0.39, 0.29) is 0 Å². The molecule has 4 nitrogen and oxygen atoms in total.